The fourth-order valence-corrected chi connectivity index (χ4v) is 2.33. The lowest BCUT2D eigenvalue weighted by Gasteiger charge is -2.24. The number of rotatable bonds is 6. The van der Waals surface area contributed by atoms with Crippen molar-refractivity contribution in [3.8, 4) is 17.3 Å². The Labute approximate surface area is 147 Å². The number of nitrogens with two attached hydrogens (primary N) is 1. The number of amides is 1. The van der Waals surface area contributed by atoms with Gasteiger partial charge in [-0.15, -0.1) is 6.58 Å². The molecule has 0 saturated heterocycles. The van der Waals surface area contributed by atoms with Gasteiger partial charge in [-0.25, -0.2) is 4.98 Å². The van der Waals surface area contributed by atoms with Gasteiger partial charge in [0, 0.05) is 24.5 Å². The van der Waals surface area contributed by atoms with Gasteiger partial charge in [0.05, 0.1) is 17.8 Å². The van der Waals surface area contributed by atoms with Crippen LogP contribution in [0.3, 0.4) is 0 Å². The third-order valence-corrected chi connectivity index (χ3v) is 3.39. The lowest BCUT2D eigenvalue weighted by Crippen LogP contribution is -2.35. The summed E-state index contributed by atoms with van der Waals surface area (Å²) >= 11 is 0. The summed E-state index contributed by atoms with van der Waals surface area (Å²) in [7, 11) is 0. The quantitative estimate of drug-likeness (QED) is 0.798. The minimum Gasteiger partial charge on any atom is -0.368 e. The van der Waals surface area contributed by atoms with Gasteiger partial charge in [0.25, 0.3) is 0 Å². The molecule has 0 atom stereocenters. The number of primary amides is 1. The maximum absolute atomic E-state index is 13.5. The van der Waals surface area contributed by atoms with Crippen LogP contribution in [0.1, 0.15) is 11.1 Å². The van der Waals surface area contributed by atoms with Gasteiger partial charge in [0.1, 0.15) is 17.5 Å². The number of nitriles is 1. The minimum absolute atomic E-state index is 0.00717. The highest BCUT2D eigenvalue weighted by molar-refractivity contribution is 5.80. The Morgan fingerprint density at radius 2 is 2.04 bits per heavy atom. The molecule has 0 bridgehead atoms. The van der Waals surface area contributed by atoms with Crippen LogP contribution in [0.5, 0.6) is 0 Å². The average Bonchev–Trinajstić information content (AvgIpc) is 2.59. The molecule has 9 heteroatoms. The zero-order chi connectivity index (χ0) is 19.3. The van der Waals surface area contributed by atoms with Gasteiger partial charge in [-0.2, -0.15) is 18.4 Å². The number of pyridine rings is 2. The highest BCUT2D eigenvalue weighted by atomic mass is 19.4. The van der Waals surface area contributed by atoms with E-state index < -0.39 is 29.8 Å². The monoisotopic (exact) mass is 361 g/mol. The van der Waals surface area contributed by atoms with Crippen molar-refractivity contribution < 1.29 is 18.0 Å². The number of aromatic nitrogens is 2. The summed E-state index contributed by atoms with van der Waals surface area (Å²) in [6.45, 7) is 3.08. The van der Waals surface area contributed by atoms with Crippen LogP contribution in [-0.2, 0) is 11.0 Å². The summed E-state index contributed by atoms with van der Waals surface area (Å²) in [6.07, 6.45) is -0.588. The summed E-state index contributed by atoms with van der Waals surface area (Å²) in [4.78, 5) is 20.5. The first kappa shape index (κ1) is 18.9. The lowest BCUT2D eigenvalue weighted by molar-refractivity contribution is -0.137. The number of carbonyl (C=O) groups is 1. The van der Waals surface area contributed by atoms with E-state index in [1.807, 2.05) is 0 Å². The van der Waals surface area contributed by atoms with Gasteiger partial charge in [-0.3, -0.25) is 9.78 Å². The fourth-order valence-electron chi connectivity index (χ4n) is 2.33. The minimum atomic E-state index is -4.78. The van der Waals surface area contributed by atoms with E-state index in [0.29, 0.717) is 5.56 Å². The molecular weight excluding hydrogens is 347 g/mol. The van der Waals surface area contributed by atoms with Gasteiger partial charge < -0.3 is 10.6 Å². The first-order chi connectivity index (χ1) is 12.3. The predicted octanol–water partition coefficient (Wildman–Crippen LogP) is 2.51. The first-order valence-corrected chi connectivity index (χ1v) is 7.34. The van der Waals surface area contributed by atoms with E-state index in [2.05, 4.69) is 16.5 Å². The Bertz CT molecular complexity index is 859. The van der Waals surface area contributed by atoms with Crippen molar-refractivity contribution in [3.05, 3.63) is 54.4 Å². The van der Waals surface area contributed by atoms with Gasteiger partial charge in [0.2, 0.25) is 5.91 Å². The zero-order valence-electron chi connectivity index (χ0n) is 13.5. The van der Waals surface area contributed by atoms with Crippen molar-refractivity contribution in [2.75, 3.05) is 18.0 Å². The SMILES string of the molecule is C=CCN(CC(N)=O)c1nc(-c2ccncc2)cc(C(F)(F)F)c1C#N. The van der Waals surface area contributed by atoms with Crippen LogP contribution in [0, 0.1) is 11.3 Å². The van der Waals surface area contributed by atoms with Crippen LogP contribution < -0.4 is 10.6 Å². The highest BCUT2D eigenvalue weighted by Gasteiger charge is 2.37. The van der Waals surface area contributed by atoms with Gasteiger partial charge in [0.15, 0.2) is 0 Å². The molecule has 134 valence electrons. The number of halogens is 3. The second kappa shape index (κ2) is 7.65. The Morgan fingerprint density at radius 3 is 2.54 bits per heavy atom. The van der Waals surface area contributed by atoms with Crippen molar-refractivity contribution in [2.45, 2.75) is 6.18 Å². The third-order valence-electron chi connectivity index (χ3n) is 3.39. The van der Waals surface area contributed by atoms with Crippen LogP contribution >= 0.6 is 0 Å². The maximum atomic E-state index is 13.5. The Morgan fingerprint density at radius 1 is 1.38 bits per heavy atom. The molecule has 0 aromatic carbocycles. The van der Waals surface area contributed by atoms with E-state index in [1.165, 1.54) is 41.6 Å². The van der Waals surface area contributed by atoms with Gasteiger partial charge >= 0.3 is 6.18 Å². The number of nitrogens with zero attached hydrogens (tertiary/aromatic N) is 4. The molecule has 2 aromatic rings. The second-order valence-corrected chi connectivity index (χ2v) is 5.23. The molecule has 6 nitrogen and oxygen atoms in total. The van der Waals surface area contributed by atoms with E-state index in [-0.39, 0.29) is 18.1 Å². The van der Waals surface area contributed by atoms with Crippen molar-refractivity contribution in [3.63, 3.8) is 0 Å². The van der Waals surface area contributed by atoms with Crippen molar-refractivity contribution in [1.82, 2.24) is 9.97 Å². The summed E-state index contributed by atoms with van der Waals surface area (Å²) in [6, 6.07) is 5.32. The highest BCUT2D eigenvalue weighted by Crippen LogP contribution is 2.37. The number of carbonyl (C=O) groups excluding carboxylic acids is 1. The number of hydrogen-bond acceptors (Lipinski definition) is 5. The standard InChI is InChI=1S/C17H14F3N5O/c1-2-7-25(10-15(22)26)16-12(9-21)13(17(18,19)20)8-14(24-16)11-3-5-23-6-4-11/h2-6,8H,1,7,10H2,(H2,22,26). The van der Waals surface area contributed by atoms with E-state index in [4.69, 9.17) is 5.73 Å². The van der Waals surface area contributed by atoms with Crippen molar-refractivity contribution in [2.24, 2.45) is 5.73 Å². The maximum Gasteiger partial charge on any atom is 0.417 e. The topological polar surface area (TPSA) is 95.9 Å². The van der Waals surface area contributed by atoms with Gasteiger partial charge in [-0.1, -0.05) is 6.08 Å². The summed E-state index contributed by atoms with van der Waals surface area (Å²) < 4.78 is 40.5. The Hall–Kier alpha value is -3.41. The van der Waals surface area contributed by atoms with Crippen LogP contribution in [0.4, 0.5) is 19.0 Å². The van der Waals surface area contributed by atoms with Crippen molar-refractivity contribution >= 4 is 11.7 Å². The molecule has 0 aliphatic carbocycles. The molecule has 2 heterocycles. The summed E-state index contributed by atoms with van der Waals surface area (Å²) in [5, 5.41) is 9.31. The zero-order valence-corrected chi connectivity index (χ0v) is 13.5. The normalized spacial score (nSPS) is 10.8. The smallest absolute Gasteiger partial charge is 0.368 e. The molecule has 0 fully saturated rings. The first-order valence-electron chi connectivity index (χ1n) is 7.34. The molecule has 0 unspecified atom stereocenters. The molecular formula is C17H14F3N5O. The molecule has 0 radical (unpaired) electrons. The summed E-state index contributed by atoms with van der Waals surface area (Å²) in [5.41, 5.74) is 3.72. The van der Waals surface area contributed by atoms with E-state index in [0.717, 1.165) is 6.07 Å². The molecule has 2 rings (SSSR count). The molecule has 0 aliphatic rings. The third kappa shape index (κ3) is 4.16. The van der Waals surface area contributed by atoms with E-state index in [1.54, 1.807) is 0 Å². The Kier molecular flexibility index (Phi) is 5.57. The average molecular weight is 361 g/mol. The van der Waals surface area contributed by atoms with E-state index in [9.17, 15) is 23.2 Å². The lowest BCUT2D eigenvalue weighted by atomic mass is 10.0. The summed E-state index contributed by atoms with van der Waals surface area (Å²) in [5.74, 6) is -1.06. The molecule has 2 aromatic heterocycles. The molecule has 1 amide bonds. The number of anilines is 1. The Balaban J connectivity index is 2.77. The molecule has 0 saturated carbocycles. The molecule has 0 aliphatic heterocycles. The fraction of sp³-hybridized carbons (Fsp3) is 0.176. The van der Waals surface area contributed by atoms with Crippen molar-refractivity contribution in [1.29, 1.82) is 5.26 Å². The molecule has 2 N–H and O–H groups in total. The van der Waals surface area contributed by atoms with E-state index >= 15 is 0 Å². The van der Waals surface area contributed by atoms with Crippen LogP contribution in [0.25, 0.3) is 11.3 Å². The van der Waals surface area contributed by atoms with Crippen LogP contribution in [0.2, 0.25) is 0 Å². The molecule has 26 heavy (non-hydrogen) atoms. The van der Waals surface area contributed by atoms with Crippen LogP contribution in [0.15, 0.2) is 43.2 Å². The largest absolute Gasteiger partial charge is 0.417 e. The second-order valence-electron chi connectivity index (χ2n) is 5.23. The van der Waals surface area contributed by atoms with Gasteiger partial charge in [-0.05, 0) is 18.2 Å². The number of alkyl halides is 3. The number of hydrogen-bond donors (Lipinski definition) is 1. The predicted molar refractivity (Wildman–Crippen MR) is 88.8 cm³/mol. The molecule has 0 spiro atoms. The van der Waals surface area contributed by atoms with Crippen LogP contribution in [-0.4, -0.2) is 29.0 Å².